The number of hydrogen-bond donors (Lipinski definition) is 0. The standard InChI is InChI=1S/C22H34O2/c1-13(2)17-9-7-15(5)19(21(17)23)11-12-20-16(6)8-10-18(14(3)4)22(20)24/h11-18H,7-10H2,1-6H3/b19-11-,20-12-/t15-,16+,17+,18-. The predicted molar refractivity (Wildman–Crippen MR) is 99.6 cm³/mol. The van der Waals surface area contributed by atoms with Crippen LogP contribution in [0.5, 0.6) is 0 Å². The van der Waals surface area contributed by atoms with Gasteiger partial charge in [0, 0.05) is 11.8 Å². The molecular formula is C22H34O2. The van der Waals surface area contributed by atoms with Gasteiger partial charge in [-0.05, 0) is 60.5 Å². The van der Waals surface area contributed by atoms with E-state index < -0.39 is 0 Å². The lowest BCUT2D eigenvalue weighted by Crippen LogP contribution is -2.31. The highest BCUT2D eigenvalue weighted by Gasteiger charge is 2.34. The molecule has 0 radical (unpaired) electrons. The molecule has 2 aliphatic carbocycles. The summed E-state index contributed by atoms with van der Waals surface area (Å²) in [4.78, 5) is 25.6. The molecule has 0 amide bonds. The van der Waals surface area contributed by atoms with Crippen molar-refractivity contribution in [3.63, 3.8) is 0 Å². The third-order valence-corrected chi connectivity index (χ3v) is 6.18. The fraction of sp³-hybridized carbons (Fsp3) is 0.727. The van der Waals surface area contributed by atoms with Gasteiger partial charge in [-0.2, -0.15) is 0 Å². The third-order valence-electron chi connectivity index (χ3n) is 6.18. The van der Waals surface area contributed by atoms with Gasteiger partial charge in [0.15, 0.2) is 11.6 Å². The number of Topliss-reactive ketones (excluding diaryl/α,β-unsaturated/α-hetero) is 2. The summed E-state index contributed by atoms with van der Waals surface area (Å²) in [7, 11) is 0. The Hall–Kier alpha value is -1.18. The Morgan fingerprint density at radius 2 is 1.04 bits per heavy atom. The molecule has 2 saturated carbocycles. The Morgan fingerprint density at radius 1 is 0.708 bits per heavy atom. The average molecular weight is 331 g/mol. The molecule has 2 aliphatic rings. The minimum Gasteiger partial charge on any atom is -0.294 e. The molecule has 2 heteroatoms. The summed E-state index contributed by atoms with van der Waals surface area (Å²) >= 11 is 0. The molecule has 0 heterocycles. The minimum absolute atomic E-state index is 0.147. The van der Waals surface area contributed by atoms with Crippen molar-refractivity contribution in [3.8, 4) is 0 Å². The normalized spacial score (nSPS) is 35.5. The molecule has 24 heavy (non-hydrogen) atoms. The fourth-order valence-corrected chi connectivity index (χ4v) is 4.29. The van der Waals surface area contributed by atoms with Crippen molar-refractivity contribution in [1.29, 1.82) is 0 Å². The summed E-state index contributed by atoms with van der Waals surface area (Å²) < 4.78 is 0. The van der Waals surface area contributed by atoms with E-state index in [1.807, 2.05) is 12.2 Å². The van der Waals surface area contributed by atoms with Crippen molar-refractivity contribution in [2.45, 2.75) is 67.2 Å². The molecule has 0 unspecified atom stereocenters. The highest BCUT2D eigenvalue weighted by Crippen LogP contribution is 2.36. The van der Waals surface area contributed by atoms with Crippen LogP contribution in [0.15, 0.2) is 23.3 Å². The van der Waals surface area contributed by atoms with Crippen molar-refractivity contribution in [2.75, 3.05) is 0 Å². The zero-order chi connectivity index (χ0) is 18.0. The van der Waals surface area contributed by atoms with Crippen LogP contribution in [-0.2, 0) is 9.59 Å². The van der Waals surface area contributed by atoms with Crippen LogP contribution < -0.4 is 0 Å². The Kier molecular flexibility index (Phi) is 6.22. The first-order chi connectivity index (χ1) is 11.2. The molecule has 4 atom stereocenters. The number of carbonyl (C=O) groups excluding carboxylic acids is 2. The second-order valence-corrected chi connectivity index (χ2v) is 8.63. The third kappa shape index (κ3) is 3.90. The van der Waals surface area contributed by atoms with Crippen molar-refractivity contribution in [3.05, 3.63) is 23.3 Å². The molecule has 0 bridgehead atoms. The minimum atomic E-state index is 0.147. The Morgan fingerprint density at radius 3 is 1.33 bits per heavy atom. The number of carbonyl (C=O) groups is 2. The van der Waals surface area contributed by atoms with E-state index in [1.165, 1.54) is 0 Å². The summed E-state index contributed by atoms with van der Waals surface area (Å²) in [6.45, 7) is 12.8. The first-order valence-corrected chi connectivity index (χ1v) is 9.74. The van der Waals surface area contributed by atoms with Crippen molar-refractivity contribution in [2.24, 2.45) is 35.5 Å². The van der Waals surface area contributed by atoms with Gasteiger partial charge in [0.05, 0.1) is 0 Å². The molecular weight excluding hydrogens is 296 g/mol. The summed E-state index contributed by atoms with van der Waals surface area (Å²) in [5.41, 5.74) is 1.86. The molecule has 0 N–H and O–H groups in total. The SMILES string of the molecule is CC(C)[C@@H]1CC[C@@H](C)/C(=C/C=C2\C(=O)[C@@H](C(C)C)CC[C@@H]2C)C1=O. The molecule has 2 fully saturated rings. The summed E-state index contributed by atoms with van der Waals surface area (Å²) in [6, 6.07) is 0. The topological polar surface area (TPSA) is 34.1 Å². The highest BCUT2D eigenvalue weighted by atomic mass is 16.1. The molecule has 0 aliphatic heterocycles. The fourth-order valence-electron chi connectivity index (χ4n) is 4.29. The average Bonchev–Trinajstić information content (AvgIpc) is 2.48. The second kappa shape index (κ2) is 7.80. The number of hydrogen-bond acceptors (Lipinski definition) is 2. The van der Waals surface area contributed by atoms with Crippen LogP contribution in [0.3, 0.4) is 0 Å². The first kappa shape index (κ1) is 19.1. The van der Waals surface area contributed by atoms with Crippen LogP contribution in [0.2, 0.25) is 0 Å². The maximum absolute atomic E-state index is 12.8. The maximum atomic E-state index is 12.8. The van der Waals surface area contributed by atoms with E-state index in [4.69, 9.17) is 0 Å². The monoisotopic (exact) mass is 330 g/mol. The van der Waals surface area contributed by atoms with Gasteiger partial charge < -0.3 is 0 Å². The molecule has 2 rings (SSSR count). The Balaban J connectivity index is 2.29. The lowest BCUT2D eigenvalue weighted by atomic mass is 9.72. The molecule has 0 aromatic rings. The van der Waals surface area contributed by atoms with Gasteiger partial charge in [-0.25, -0.2) is 0 Å². The van der Waals surface area contributed by atoms with E-state index in [0.29, 0.717) is 35.2 Å². The van der Waals surface area contributed by atoms with Crippen LogP contribution in [0.1, 0.15) is 67.2 Å². The predicted octanol–water partition coefficient (Wildman–Crippen LogP) is 5.38. The van der Waals surface area contributed by atoms with E-state index in [0.717, 1.165) is 36.8 Å². The maximum Gasteiger partial charge on any atom is 0.162 e. The molecule has 2 nitrogen and oxygen atoms in total. The number of ketones is 2. The van der Waals surface area contributed by atoms with Crippen molar-refractivity contribution < 1.29 is 9.59 Å². The molecule has 0 aromatic carbocycles. The van der Waals surface area contributed by atoms with Crippen LogP contribution in [-0.4, -0.2) is 11.6 Å². The molecule has 134 valence electrons. The van der Waals surface area contributed by atoms with Crippen LogP contribution in [0.25, 0.3) is 0 Å². The van der Waals surface area contributed by atoms with Crippen LogP contribution >= 0.6 is 0 Å². The van der Waals surface area contributed by atoms with Crippen LogP contribution in [0.4, 0.5) is 0 Å². The van der Waals surface area contributed by atoms with Gasteiger partial charge in [0.1, 0.15) is 0 Å². The quantitative estimate of drug-likeness (QED) is 0.651. The van der Waals surface area contributed by atoms with Gasteiger partial charge in [-0.3, -0.25) is 9.59 Å². The number of allylic oxidation sites excluding steroid dienone is 4. The Bertz CT molecular complexity index is 500. The molecule has 0 aromatic heterocycles. The molecule has 0 saturated heterocycles. The summed E-state index contributed by atoms with van der Waals surface area (Å²) in [5.74, 6) is 2.29. The van der Waals surface area contributed by atoms with Crippen molar-refractivity contribution >= 4 is 11.6 Å². The van der Waals surface area contributed by atoms with Gasteiger partial charge in [0.2, 0.25) is 0 Å². The van der Waals surface area contributed by atoms with Gasteiger partial charge in [0.25, 0.3) is 0 Å². The van der Waals surface area contributed by atoms with E-state index in [1.54, 1.807) is 0 Å². The van der Waals surface area contributed by atoms with E-state index >= 15 is 0 Å². The van der Waals surface area contributed by atoms with Gasteiger partial charge in [-0.15, -0.1) is 0 Å². The lowest BCUT2D eigenvalue weighted by molar-refractivity contribution is -0.123. The van der Waals surface area contributed by atoms with Crippen molar-refractivity contribution in [1.82, 2.24) is 0 Å². The van der Waals surface area contributed by atoms with Crippen LogP contribution in [0, 0.1) is 35.5 Å². The lowest BCUT2D eigenvalue weighted by Gasteiger charge is -2.31. The van der Waals surface area contributed by atoms with E-state index in [2.05, 4.69) is 41.5 Å². The van der Waals surface area contributed by atoms with E-state index in [-0.39, 0.29) is 11.8 Å². The zero-order valence-electron chi connectivity index (χ0n) is 16.3. The van der Waals surface area contributed by atoms with E-state index in [9.17, 15) is 9.59 Å². The summed E-state index contributed by atoms with van der Waals surface area (Å²) in [6.07, 6.45) is 8.10. The zero-order valence-corrected chi connectivity index (χ0v) is 16.3. The Labute approximate surface area is 147 Å². The number of rotatable bonds is 3. The second-order valence-electron chi connectivity index (χ2n) is 8.63. The van der Waals surface area contributed by atoms with Gasteiger partial charge in [-0.1, -0.05) is 53.7 Å². The first-order valence-electron chi connectivity index (χ1n) is 9.74. The molecule has 0 spiro atoms. The highest BCUT2D eigenvalue weighted by molar-refractivity contribution is 6.01. The van der Waals surface area contributed by atoms with Gasteiger partial charge >= 0.3 is 0 Å². The smallest absolute Gasteiger partial charge is 0.162 e. The largest absolute Gasteiger partial charge is 0.294 e. The summed E-state index contributed by atoms with van der Waals surface area (Å²) in [5, 5.41) is 0.